The number of nitrogens with two attached hydrogens (primary N) is 1. The van der Waals surface area contributed by atoms with Crippen LogP contribution >= 0.6 is 0 Å². The summed E-state index contributed by atoms with van der Waals surface area (Å²) in [5.74, 6) is 1.78. The van der Waals surface area contributed by atoms with Crippen LogP contribution in [0.3, 0.4) is 0 Å². The molecule has 0 spiro atoms. The van der Waals surface area contributed by atoms with Crippen LogP contribution in [-0.2, 0) is 0 Å². The van der Waals surface area contributed by atoms with Gasteiger partial charge < -0.3 is 5.73 Å². The standard InChI is InChI=1S/C9H17N5/c1-6-4-3-5-8(7(6)2)14-9(10)11-12-13-14/h6-8H,3-5H2,1-2H3,(H2,10,11,13). The maximum absolute atomic E-state index is 5.71. The molecule has 0 bridgehead atoms. The Morgan fingerprint density at radius 1 is 1.36 bits per heavy atom. The molecule has 1 aromatic heterocycles. The van der Waals surface area contributed by atoms with Crippen molar-refractivity contribution < 1.29 is 0 Å². The monoisotopic (exact) mass is 195 g/mol. The maximum Gasteiger partial charge on any atom is 0.240 e. The first-order chi connectivity index (χ1) is 6.70. The molecule has 1 aliphatic rings. The van der Waals surface area contributed by atoms with Gasteiger partial charge in [-0.15, -0.1) is 0 Å². The van der Waals surface area contributed by atoms with Crippen LogP contribution in [0, 0.1) is 11.8 Å². The lowest BCUT2D eigenvalue weighted by Crippen LogP contribution is -2.28. The molecular formula is C9H17N5. The van der Waals surface area contributed by atoms with Crippen molar-refractivity contribution in [2.75, 3.05) is 5.73 Å². The van der Waals surface area contributed by atoms with E-state index < -0.39 is 0 Å². The van der Waals surface area contributed by atoms with Crippen molar-refractivity contribution in [3.05, 3.63) is 0 Å². The Balaban J connectivity index is 2.21. The van der Waals surface area contributed by atoms with Crippen molar-refractivity contribution >= 4 is 5.95 Å². The van der Waals surface area contributed by atoms with Crippen molar-refractivity contribution in [1.82, 2.24) is 20.2 Å². The van der Waals surface area contributed by atoms with Crippen molar-refractivity contribution in [3.63, 3.8) is 0 Å². The fourth-order valence-corrected chi connectivity index (χ4v) is 2.34. The second kappa shape index (κ2) is 3.55. The summed E-state index contributed by atoms with van der Waals surface area (Å²) in [5.41, 5.74) is 5.71. The zero-order valence-corrected chi connectivity index (χ0v) is 8.72. The van der Waals surface area contributed by atoms with Gasteiger partial charge in [0.25, 0.3) is 0 Å². The average Bonchev–Trinajstić information content (AvgIpc) is 2.57. The number of tetrazole rings is 1. The van der Waals surface area contributed by atoms with Crippen molar-refractivity contribution in [2.24, 2.45) is 11.8 Å². The second-order valence-corrected chi connectivity index (χ2v) is 4.32. The van der Waals surface area contributed by atoms with E-state index >= 15 is 0 Å². The first-order valence-electron chi connectivity index (χ1n) is 5.23. The predicted octanol–water partition coefficient (Wildman–Crippen LogP) is 1.25. The summed E-state index contributed by atoms with van der Waals surface area (Å²) >= 11 is 0. The summed E-state index contributed by atoms with van der Waals surface area (Å²) in [5, 5.41) is 11.3. The molecule has 0 amide bonds. The first kappa shape index (κ1) is 9.43. The zero-order valence-electron chi connectivity index (χ0n) is 8.72. The first-order valence-corrected chi connectivity index (χ1v) is 5.23. The highest BCUT2D eigenvalue weighted by Crippen LogP contribution is 2.37. The van der Waals surface area contributed by atoms with Gasteiger partial charge in [-0.05, 0) is 28.7 Å². The Kier molecular flexibility index (Phi) is 2.39. The van der Waals surface area contributed by atoms with E-state index in [1.807, 2.05) is 0 Å². The summed E-state index contributed by atoms with van der Waals surface area (Å²) in [6.45, 7) is 4.55. The molecule has 1 saturated carbocycles. The summed E-state index contributed by atoms with van der Waals surface area (Å²) < 4.78 is 1.78. The molecular weight excluding hydrogens is 178 g/mol. The van der Waals surface area contributed by atoms with Crippen molar-refractivity contribution in [3.8, 4) is 0 Å². The molecule has 1 aliphatic carbocycles. The van der Waals surface area contributed by atoms with E-state index in [2.05, 4.69) is 29.4 Å². The predicted molar refractivity (Wildman–Crippen MR) is 53.4 cm³/mol. The van der Waals surface area contributed by atoms with Crippen LogP contribution in [0.2, 0.25) is 0 Å². The van der Waals surface area contributed by atoms with Crippen LogP contribution in [0.15, 0.2) is 0 Å². The minimum absolute atomic E-state index is 0.383. The Labute approximate surface area is 83.7 Å². The molecule has 5 heteroatoms. The van der Waals surface area contributed by atoms with E-state index in [9.17, 15) is 0 Å². The molecule has 0 aliphatic heterocycles. The lowest BCUT2D eigenvalue weighted by atomic mass is 9.78. The van der Waals surface area contributed by atoms with Gasteiger partial charge in [-0.2, -0.15) is 0 Å². The van der Waals surface area contributed by atoms with Crippen LogP contribution in [0.1, 0.15) is 39.2 Å². The number of nitrogens with zero attached hydrogens (tertiary/aromatic N) is 4. The SMILES string of the molecule is CC1CCCC(n2nnnc2N)C1C. The summed E-state index contributed by atoms with van der Waals surface area (Å²) in [4.78, 5) is 0. The van der Waals surface area contributed by atoms with Crippen molar-refractivity contribution in [1.29, 1.82) is 0 Å². The molecule has 0 aromatic carbocycles. The number of aromatic nitrogens is 4. The third-order valence-electron chi connectivity index (χ3n) is 3.50. The van der Waals surface area contributed by atoms with Crippen LogP contribution in [0.25, 0.3) is 0 Å². The highest BCUT2D eigenvalue weighted by atomic mass is 15.6. The molecule has 1 fully saturated rings. The highest BCUT2D eigenvalue weighted by Gasteiger charge is 2.30. The third-order valence-corrected chi connectivity index (χ3v) is 3.50. The molecule has 2 rings (SSSR count). The minimum atomic E-state index is 0.383. The quantitative estimate of drug-likeness (QED) is 0.732. The van der Waals surface area contributed by atoms with E-state index in [1.54, 1.807) is 4.68 Å². The molecule has 14 heavy (non-hydrogen) atoms. The van der Waals surface area contributed by atoms with Gasteiger partial charge in [0.2, 0.25) is 5.95 Å². The van der Waals surface area contributed by atoms with Gasteiger partial charge in [0.1, 0.15) is 0 Å². The van der Waals surface area contributed by atoms with Crippen molar-refractivity contribution in [2.45, 2.75) is 39.2 Å². The summed E-state index contributed by atoms with van der Waals surface area (Å²) in [7, 11) is 0. The molecule has 1 aromatic rings. The van der Waals surface area contributed by atoms with Gasteiger partial charge in [-0.3, -0.25) is 0 Å². The normalized spacial score (nSPS) is 33.1. The molecule has 5 nitrogen and oxygen atoms in total. The smallest absolute Gasteiger partial charge is 0.240 e. The van der Waals surface area contributed by atoms with Gasteiger partial charge in [0.05, 0.1) is 6.04 Å². The van der Waals surface area contributed by atoms with Crippen LogP contribution < -0.4 is 5.73 Å². The van der Waals surface area contributed by atoms with Gasteiger partial charge in [0.15, 0.2) is 0 Å². The fraction of sp³-hybridized carbons (Fsp3) is 0.889. The minimum Gasteiger partial charge on any atom is -0.367 e. The fourth-order valence-electron chi connectivity index (χ4n) is 2.34. The zero-order chi connectivity index (χ0) is 10.1. The van der Waals surface area contributed by atoms with E-state index in [0.29, 0.717) is 17.9 Å². The number of anilines is 1. The number of rotatable bonds is 1. The molecule has 1 heterocycles. The van der Waals surface area contributed by atoms with Crippen LogP contribution in [0.4, 0.5) is 5.95 Å². The second-order valence-electron chi connectivity index (χ2n) is 4.32. The summed E-state index contributed by atoms with van der Waals surface area (Å²) in [6.07, 6.45) is 3.69. The molecule has 2 N–H and O–H groups in total. The highest BCUT2D eigenvalue weighted by molar-refractivity contribution is 5.12. The van der Waals surface area contributed by atoms with E-state index in [1.165, 1.54) is 12.8 Å². The largest absolute Gasteiger partial charge is 0.367 e. The maximum atomic E-state index is 5.71. The van der Waals surface area contributed by atoms with E-state index in [-0.39, 0.29) is 0 Å². The number of hydrogen-bond donors (Lipinski definition) is 1. The Morgan fingerprint density at radius 2 is 2.14 bits per heavy atom. The lowest BCUT2D eigenvalue weighted by molar-refractivity contribution is 0.174. The summed E-state index contributed by atoms with van der Waals surface area (Å²) in [6, 6.07) is 0.383. The van der Waals surface area contributed by atoms with Gasteiger partial charge in [0, 0.05) is 0 Å². The topological polar surface area (TPSA) is 69.6 Å². The molecule has 0 saturated heterocycles. The van der Waals surface area contributed by atoms with Gasteiger partial charge in [-0.1, -0.05) is 31.8 Å². The third kappa shape index (κ3) is 1.47. The van der Waals surface area contributed by atoms with Gasteiger partial charge in [-0.25, -0.2) is 4.68 Å². The van der Waals surface area contributed by atoms with Crippen LogP contribution in [-0.4, -0.2) is 20.2 Å². The average molecular weight is 195 g/mol. The number of nitrogen functional groups attached to an aromatic ring is 1. The van der Waals surface area contributed by atoms with E-state index in [4.69, 9.17) is 5.73 Å². The Bertz CT molecular complexity index is 308. The molecule has 78 valence electrons. The Hall–Kier alpha value is -1.13. The molecule has 0 radical (unpaired) electrons. The lowest BCUT2D eigenvalue weighted by Gasteiger charge is -2.33. The Morgan fingerprint density at radius 3 is 2.79 bits per heavy atom. The van der Waals surface area contributed by atoms with E-state index in [0.717, 1.165) is 12.3 Å². The van der Waals surface area contributed by atoms with Gasteiger partial charge >= 0.3 is 0 Å². The number of hydrogen-bond acceptors (Lipinski definition) is 4. The molecule has 3 atom stereocenters. The van der Waals surface area contributed by atoms with Crippen LogP contribution in [0.5, 0.6) is 0 Å². The molecule has 3 unspecified atom stereocenters.